The van der Waals surface area contributed by atoms with Crippen molar-refractivity contribution >= 4 is 22.6 Å². The Kier molecular flexibility index (Phi) is 4.96. The summed E-state index contributed by atoms with van der Waals surface area (Å²) < 4.78 is 17.0. The zero-order valence-electron chi connectivity index (χ0n) is 15.4. The molecule has 146 valence electrons. The van der Waals surface area contributed by atoms with Gasteiger partial charge in [0.25, 0.3) is 0 Å². The number of anilines is 1. The zero-order valence-corrected chi connectivity index (χ0v) is 15.4. The van der Waals surface area contributed by atoms with Crippen LogP contribution in [0.4, 0.5) is 10.1 Å². The minimum Gasteiger partial charge on any atom is -0.477 e. The summed E-state index contributed by atoms with van der Waals surface area (Å²) in [5.74, 6) is -1.71. The van der Waals surface area contributed by atoms with Crippen molar-refractivity contribution in [3.63, 3.8) is 0 Å². The molecule has 0 bridgehead atoms. The number of rotatable bonds is 3. The van der Waals surface area contributed by atoms with Crippen LogP contribution in [0.5, 0.6) is 0 Å². The van der Waals surface area contributed by atoms with Gasteiger partial charge in [0.05, 0.1) is 16.6 Å². The van der Waals surface area contributed by atoms with Gasteiger partial charge in [0, 0.05) is 43.5 Å². The molecule has 0 spiro atoms. The molecule has 1 atom stereocenters. The molecule has 1 saturated heterocycles. The van der Waals surface area contributed by atoms with Crippen LogP contribution < -0.4 is 15.6 Å². The molecule has 1 unspecified atom stereocenters. The Hall–Kier alpha value is -2.45. The smallest absolute Gasteiger partial charge is 0.341 e. The second-order valence-electron chi connectivity index (χ2n) is 7.35. The maximum Gasteiger partial charge on any atom is 0.341 e. The van der Waals surface area contributed by atoms with E-state index in [2.05, 4.69) is 12.2 Å². The molecule has 4 N–H and O–H groups in total. The lowest BCUT2D eigenvalue weighted by Gasteiger charge is -2.34. The number of pyridine rings is 1. The molecule has 1 aromatic heterocycles. The lowest BCUT2D eigenvalue weighted by molar-refractivity contribution is 0.0695. The number of aryl methyl sites for hydroxylation is 1. The Labute approximate surface area is 155 Å². The Morgan fingerprint density at radius 1 is 1.37 bits per heavy atom. The third-order valence-electron chi connectivity index (χ3n) is 5.36. The molecule has 0 amide bonds. The number of benzene rings is 1. The average molecular weight is 377 g/mol. The van der Waals surface area contributed by atoms with Crippen LogP contribution in [0.25, 0.3) is 10.9 Å². The number of fused-ring (bicyclic) bond motifs is 1. The second kappa shape index (κ2) is 6.94. The number of piperazine rings is 1. The first-order valence-electron chi connectivity index (χ1n) is 8.98. The van der Waals surface area contributed by atoms with Gasteiger partial charge in [-0.2, -0.15) is 0 Å². The third-order valence-corrected chi connectivity index (χ3v) is 5.36. The van der Waals surface area contributed by atoms with Gasteiger partial charge in [-0.1, -0.05) is 0 Å². The summed E-state index contributed by atoms with van der Waals surface area (Å²) in [6, 6.07) is 2.15. The van der Waals surface area contributed by atoms with Crippen LogP contribution in [0.2, 0.25) is 0 Å². The molecule has 2 heterocycles. The maximum atomic E-state index is 15.1. The summed E-state index contributed by atoms with van der Waals surface area (Å²) in [6.45, 7) is 5.76. The number of aromatic nitrogens is 1. The van der Waals surface area contributed by atoms with Crippen LogP contribution in [-0.2, 0) is 0 Å². The topological polar surface area (TPSA) is 106 Å². The summed E-state index contributed by atoms with van der Waals surface area (Å²) >= 11 is 0. The Morgan fingerprint density at radius 2 is 2.07 bits per heavy atom. The highest BCUT2D eigenvalue weighted by Crippen LogP contribution is 2.39. The van der Waals surface area contributed by atoms with Gasteiger partial charge in [-0.25, -0.2) is 9.18 Å². The fourth-order valence-corrected chi connectivity index (χ4v) is 3.84. The van der Waals surface area contributed by atoms with E-state index < -0.39 is 17.2 Å². The third kappa shape index (κ3) is 3.19. The van der Waals surface area contributed by atoms with E-state index in [4.69, 9.17) is 0 Å². The molecule has 2 fully saturated rings. The largest absolute Gasteiger partial charge is 0.477 e. The van der Waals surface area contributed by atoms with Gasteiger partial charge in [-0.15, -0.1) is 0 Å². The summed E-state index contributed by atoms with van der Waals surface area (Å²) in [7, 11) is 0. The van der Waals surface area contributed by atoms with Crippen LogP contribution in [-0.4, -0.2) is 46.8 Å². The fraction of sp³-hybridized carbons (Fsp3) is 0.474. The number of nitrogens with zero attached hydrogens (tertiary/aromatic N) is 2. The molecule has 0 radical (unpaired) electrons. The molecule has 1 aliphatic carbocycles. The Morgan fingerprint density at radius 3 is 2.67 bits per heavy atom. The minimum atomic E-state index is -1.27. The first kappa shape index (κ1) is 19.3. The molecule has 1 aliphatic heterocycles. The standard InChI is InChI=1S/C19H22FN3O3.H2O/c1-10-8-22(6-5-21-10)15-7-14-16(11(2)17(15)20)18(24)13(19(25)26)9-23(14)12-3-4-12;/h7,9-10,12,21H,3-6,8H2,1-2H3,(H,25,26);1H2. The van der Waals surface area contributed by atoms with Crippen LogP contribution >= 0.6 is 0 Å². The van der Waals surface area contributed by atoms with E-state index in [1.54, 1.807) is 13.0 Å². The van der Waals surface area contributed by atoms with Gasteiger partial charge < -0.3 is 25.4 Å². The molecule has 8 heteroatoms. The first-order valence-corrected chi connectivity index (χ1v) is 8.98. The van der Waals surface area contributed by atoms with Crippen molar-refractivity contribution < 1.29 is 19.8 Å². The summed E-state index contributed by atoms with van der Waals surface area (Å²) in [5.41, 5.74) is 0.436. The second-order valence-corrected chi connectivity index (χ2v) is 7.35. The van der Waals surface area contributed by atoms with E-state index in [9.17, 15) is 14.7 Å². The Balaban J connectivity index is 0.00000210. The van der Waals surface area contributed by atoms with E-state index in [1.807, 2.05) is 9.47 Å². The minimum absolute atomic E-state index is 0. The molecular weight excluding hydrogens is 353 g/mol. The molecular formula is C19H24FN3O4. The first-order chi connectivity index (χ1) is 12.4. The summed E-state index contributed by atoms with van der Waals surface area (Å²) in [6.07, 6.45) is 3.30. The predicted octanol–water partition coefficient (Wildman–Crippen LogP) is 1.46. The van der Waals surface area contributed by atoms with E-state index in [0.29, 0.717) is 24.3 Å². The SMILES string of the molecule is Cc1c(F)c(N2CCNC(C)C2)cc2c1c(=O)c(C(=O)O)cn2C1CC1.O. The normalized spacial score (nSPS) is 19.8. The number of aromatic carboxylic acids is 1. The van der Waals surface area contributed by atoms with Gasteiger partial charge in [-0.05, 0) is 32.8 Å². The monoisotopic (exact) mass is 377 g/mol. The van der Waals surface area contributed by atoms with Crippen molar-refractivity contribution in [2.75, 3.05) is 24.5 Å². The highest BCUT2D eigenvalue weighted by atomic mass is 19.1. The molecule has 2 aliphatic rings. The van der Waals surface area contributed by atoms with Crippen molar-refractivity contribution in [3.05, 3.63) is 39.4 Å². The number of hydrogen-bond donors (Lipinski definition) is 2. The lowest BCUT2D eigenvalue weighted by Crippen LogP contribution is -2.49. The van der Waals surface area contributed by atoms with E-state index in [-0.39, 0.29) is 34.1 Å². The molecule has 7 nitrogen and oxygen atoms in total. The van der Waals surface area contributed by atoms with Gasteiger partial charge in [-0.3, -0.25) is 4.79 Å². The van der Waals surface area contributed by atoms with Gasteiger partial charge in [0.15, 0.2) is 0 Å². The maximum absolute atomic E-state index is 15.1. The highest BCUT2D eigenvalue weighted by molar-refractivity contribution is 5.95. The number of hydrogen-bond acceptors (Lipinski definition) is 4. The number of halogens is 1. The van der Waals surface area contributed by atoms with Crippen LogP contribution in [0.15, 0.2) is 17.1 Å². The average Bonchev–Trinajstić information content (AvgIpc) is 3.42. The summed E-state index contributed by atoms with van der Waals surface area (Å²) in [4.78, 5) is 26.2. The van der Waals surface area contributed by atoms with Gasteiger partial charge >= 0.3 is 5.97 Å². The van der Waals surface area contributed by atoms with Crippen molar-refractivity contribution in [2.24, 2.45) is 0 Å². The number of nitrogens with one attached hydrogen (secondary N) is 1. The van der Waals surface area contributed by atoms with Crippen molar-refractivity contribution in [3.8, 4) is 0 Å². The Bertz CT molecular complexity index is 968. The number of carboxylic acids is 1. The number of carboxylic acid groups (broad SMARTS) is 1. The molecule has 27 heavy (non-hydrogen) atoms. The lowest BCUT2D eigenvalue weighted by atomic mass is 10.0. The molecule has 1 saturated carbocycles. The van der Waals surface area contributed by atoms with E-state index >= 15 is 4.39 Å². The van der Waals surface area contributed by atoms with Gasteiger partial charge in [0.1, 0.15) is 11.4 Å². The highest BCUT2D eigenvalue weighted by Gasteiger charge is 2.29. The van der Waals surface area contributed by atoms with Crippen LogP contribution in [0, 0.1) is 12.7 Å². The quantitative estimate of drug-likeness (QED) is 0.842. The van der Waals surface area contributed by atoms with Crippen molar-refractivity contribution in [1.29, 1.82) is 0 Å². The van der Waals surface area contributed by atoms with E-state index in [0.717, 1.165) is 19.4 Å². The summed E-state index contributed by atoms with van der Waals surface area (Å²) in [5, 5.41) is 12.9. The van der Waals surface area contributed by atoms with Crippen molar-refractivity contribution in [2.45, 2.75) is 38.8 Å². The molecule has 1 aromatic carbocycles. The molecule has 4 rings (SSSR count). The fourth-order valence-electron chi connectivity index (χ4n) is 3.84. The predicted molar refractivity (Wildman–Crippen MR) is 101 cm³/mol. The van der Waals surface area contributed by atoms with Crippen LogP contribution in [0.1, 0.15) is 41.7 Å². The van der Waals surface area contributed by atoms with Crippen molar-refractivity contribution in [1.82, 2.24) is 9.88 Å². The number of carbonyl (C=O) groups is 1. The molecule has 2 aromatic rings. The van der Waals surface area contributed by atoms with E-state index in [1.165, 1.54) is 6.20 Å². The zero-order chi connectivity index (χ0) is 18.6. The van der Waals surface area contributed by atoms with Gasteiger partial charge in [0.2, 0.25) is 5.43 Å². The van der Waals surface area contributed by atoms with Crippen LogP contribution in [0.3, 0.4) is 0 Å².